The Bertz CT molecular complexity index is 2280. The van der Waals surface area contributed by atoms with Crippen molar-refractivity contribution in [3.63, 3.8) is 0 Å². The van der Waals surface area contributed by atoms with Crippen molar-refractivity contribution in [3.05, 3.63) is 0 Å². The van der Waals surface area contributed by atoms with Crippen LogP contribution in [-0.4, -0.2) is 300 Å². The van der Waals surface area contributed by atoms with Gasteiger partial charge in [0.2, 0.25) is 17.7 Å². The number of likely N-dealkylation sites (tertiary alicyclic amines) is 1. The van der Waals surface area contributed by atoms with E-state index in [9.17, 15) is 89.4 Å². The van der Waals surface area contributed by atoms with Crippen LogP contribution >= 0.6 is 0 Å². The van der Waals surface area contributed by atoms with E-state index in [1.165, 1.54) is 12.0 Å². The van der Waals surface area contributed by atoms with Gasteiger partial charge in [0, 0.05) is 128 Å². The number of aliphatic hydroxyl groups excluding tert-OH is 10. The number of amides is 3. The minimum Gasteiger partial charge on any atom is -0.394 e. The highest BCUT2D eigenvalue weighted by molar-refractivity contribution is 5.97. The van der Waals surface area contributed by atoms with Gasteiger partial charge in [-0.05, 0) is 89.4 Å². The average molecular weight is 1540 g/mol. The zero-order chi connectivity index (χ0) is 79.3. The smallest absolute Gasteiger partial charge is 0.232 e. The number of β-amino-alcohol motifs (C(OH)–C–C–N with tert-alkyl or cyclic N) is 1. The van der Waals surface area contributed by atoms with Gasteiger partial charge in [0.05, 0.1) is 96.5 Å². The number of nitrogens with zero attached hydrogens (tertiary/aromatic N) is 1. The summed E-state index contributed by atoms with van der Waals surface area (Å²) < 4.78 is 57.6. The number of aliphatic hydroxyl groups is 10. The molecule has 31 nitrogen and oxygen atoms in total. The van der Waals surface area contributed by atoms with Gasteiger partial charge in [-0.1, -0.05) is 54.4 Å². The van der Waals surface area contributed by atoms with E-state index in [4.69, 9.17) is 47.4 Å². The van der Waals surface area contributed by atoms with Crippen molar-refractivity contribution >= 4 is 46.6 Å². The van der Waals surface area contributed by atoms with Crippen molar-refractivity contribution in [1.82, 2.24) is 15.5 Å². The molecule has 0 spiro atoms. The molecule has 0 radical (unpaired) electrons. The summed E-state index contributed by atoms with van der Waals surface area (Å²) in [5, 5.41) is 106. The maximum Gasteiger partial charge on any atom is 0.232 e. The molecule has 6 unspecified atom stereocenters. The second kappa shape index (κ2) is 55.4. The van der Waals surface area contributed by atoms with E-state index in [2.05, 4.69) is 31.4 Å². The van der Waals surface area contributed by atoms with E-state index in [1.807, 2.05) is 0 Å². The fraction of sp³-hybridized carbons (Fsp3) is 0.895. The third kappa shape index (κ3) is 38.8. The Kier molecular flexibility index (Phi) is 50.3. The first-order valence-electron chi connectivity index (χ1n) is 39.2. The molecular weight excluding hydrogens is 1400 g/mol. The van der Waals surface area contributed by atoms with Crippen molar-refractivity contribution in [3.8, 4) is 0 Å². The summed E-state index contributed by atoms with van der Waals surface area (Å²) in [4.78, 5) is 106. The maximum absolute atomic E-state index is 14.0. The summed E-state index contributed by atoms with van der Waals surface area (Å²) in [6.07, 6.45) is -3.26. The van der Waals surface area contributed by atoms with Crippen LogP contribution in [-0.2, 0) is 85.7 Å². The Labute approximate surface area is 632 Å². The molecule has 0 aromatic rings. The number of carbonyl (C=O) groups is 8. The molecule has 622 valence electrons. The van der Waals surface area contributed by atoms with Crippen molar-refractivity contribution in [2.24, 2.45) is 23.7 Å². The lowest BCUT2D eigenvalue weighted by Crippen LogP contribution is -2.59. The number of rotatable bonds is 58. The molecule has 0 aliphatic carbocycles. The highest BCUT2D eigenvalue weighted by atomic mass is 16.7. The highest BCUT2D eigenvalue weighted by Gasteiger charge is 2.45. The first kappa shape index (κ1) is 97.2. The third-order valence-electron chi connectivity index (χ3n) is 19.4. The largest absolute Gasteiger partial charge is 0.394 e. The van der Waals surface area contributed by atoms with Crippen molar-refractivity contribution in [1.29, 1.82) is 0 Å². The summed E-state index contributed by atoms with van der Waals surface area (Å²) in [7, 11) is 1.46. The molecule has 107 heavy (non-hydrogen) atoms. The Morgan fingerprint density at radius 3 is 1.11 bits per heavy atom. The number of nitrogens with one attached hydrogen (secondary N) is 2. The van der Waals surface area contributed by atoms with E-state index in [0.717, 1.165) is 5.92 Å². The summed E-state index contributed by atoms with van der Waals surface area (Å²) in [5.41, 5.74) is -1.53. The molecule has 4 aliphatic rings. The van der Waals surface area contributed by atoms with Crippen LogP contribution in [0.2, 0.25) is 0 Å². The number of hydrogen-bond acceptors (Lipinski definition) is 28. The Balaban J connectivity index is 0.00000723. The molecule has 0 saturated carbocycles. The monoisotopic (exact) mass is 1540 g/mol. The van der Waals surface area contributed by atoms with Gasteiger partial charge in [-0.25, -0.2) is 0 Å². The zero-order valence-electron chi connectivity index (χ0n) is 64.9. The van der Waals surface area contributed by atoms with Gasteiger partial charge in [0.1, 0.15) is 77.5 Å². The van der Waals surface area contributed by atoms with Crippen LogP contribution in [0, 0.1) is 23.7 Å². The Morgan fingerprint density at radius 1 is 0.439 bits per heavy atom. The first-order valence-corrected chi connectivity index (χ1v) is 39.2. The van der Waals surface area contributed by atoms with E-state index in [1.54, 1.807) is 20.8 Å². The minimum atomic E-state index is -1.53. The molecular formula is C76H135N3O28. The standard InChI is InChI=1S/C72H125N3O28.C4H10/c1-47-63(88)66(91)57(40-76)101-69(47)98-31-16-12-24-51(79)19-7-5-9-21-54(82)27-34-95-44-72(74-61(86)38-62(87)75-39-56(84)37-50(75)43-94-4,45-96-35-28-55(83)22-10-6-8-20-52(80)25-13-17-32-99-70-48(2)64(89)67(92)58(41-77)102-70)46-97-36-29-60(85)73-30-15-11-23-53(81)26-14-18-33-100-71-49(3)65(90)68(93)59(42-78)103-71;1-4(2)3/h47-50,56-59,63-71,76-78,84,88-93H,5-46H2,1-4H3,(H,73,85)(H,74,86);4H,1-3H3/t47?,48?,49?,50-,56+,57?,58?,59?,63-,64-,65-,66+,67+,68+,69-,70-,71-,72?;/m1./s1. The number of ether oxygens (including phenoxy) is 10. The van der Waals surface area contributed by atoms with Crippen molar-refractivity contribution < 1.29 is 137 Å². The number of hydrogen-bond donors (Lipinski definition) is 12. The van der Waals surface area contributed by atoms with Crippen LogP contribution in [0.15, 0.2) is 0 Å². The molecule has 4 fully saturated rings. The van der Waals surface area contributed by atoms with Crippen LogP contribution < -0.4 is 10.6 Å². The Hall–Kier alpha value is -4.04. The van der Waals surface area contributed by atoms with E-state index >= 15 is 0 Å². The van der Waals surface area contributed by atoms with Gasteiger partial charge in [-0.2, -0.15) is 0 Å². The number of methoxy groups -OCH3 is 1. The molecule has 12 N–H and O–H groups in total. The molecule has 4 rings (SSSR count). The molecule has 4 saturated heterocycles. The lowest BCUT2D eigenvalue weighted by atomic mass is 9.92. The van der Waals surface area contributed by atoms with Crippen LogP contribution in [0.3, 0.4) is 0 Å². The quantitative estimate of drug-likeness (QED) is 0.0307. The zero-order valence-corrected chi connectivity index (χ0v) is 64.9. The SMILES string of the molecule is CC(C)C.COC[C@H]1C[C@H](O)CN1C(=O)CC(=O)NC(COCCC(=O)CCCCCC(=O)CCCCO[C@@H]1OC(CO)[C@H](O)[C@H](O)C1C)(COCCC(=O)CCCCCC(=O)CCCCO[C@@H]1OC(CO)[C@H](O)[C@H](O)C1C)COCCC(=O)NCCCCC(=O)CCCCO[C@@H]1OC(CO)[C@H](O)[C@H](O)C1C. The van der Waals surface area contributed by atoms with Gasteiger partial charge < -0.3 is 114 Å². The van der Waals surface area contributed by atoms with Crippen LogP contribution in [0.5, 0.6) is 0 Å². The van der Waals surface area contributed by atoms with Crippen molar-refractivity contribution in [2.45, 2.75) is 306 Å². The second-order valence-corrected chi connectivity index (χ2v) is 30.0. The van der Waals surface area contributed by atoms with Crippen LogP contribution in [0.25, 0.3) is 0 Å². The summed E-state index contributed by atoms with van der Waals surface area (Å²) in [6.45, 7) is 10.1. The maximum atomic E-state index is 14.0. The first-order chi connectivity index (χ1) is 51.1. The number of unbranched alkanes of at least 4 members (excludes halogenated alkanes) is 8. The second-order valence-electron chi connectivity index (χ2n) is 30.0. The molecule has 31 heteroatoms. The summed E-state index contributed by atoms with van der Waals surface area (Å²) in [5.74, 6) is -2.38. The molecule has 0 aromatic heterocycles. The Morgan fingerprint density at radius 2 is 0.766 bits per heavy atom. The highest BCUT2D eigenvalue weighted by Crippen LogP contribution is 2.30. The molecule has 4 heterocycles. The third-order valence-corrected chi connectivity index (χ3v) is 19.4. The molecule has 0 aromatic carbocycles. The predicted molar refractivity (Wildman–Crippen MR) is 389 cm³/mol. The number of ketones is 5. The normalized spacial score (nSPS) is 27.2. The van der Waals surface area contributed by atoms with Crippen LogP contribution in [0.1, 0.15) is 215 Å². The predicted octanol–water partition coefficient (Wildman–Crippen LogP) is 2.54. The van der Waals surface area contributed by atoms with Gasteiger partial charge >= 0.3 is 0 Å². The van der Waals surface area contributed by atoms with Crippen molar-refractivity contribution in [2.75, 3.05) is 106 Å². The lowest BCUT2D eigenvalue weighted by molar-refractivity contribution is -0.282. The summed E-state index contributed by atoms with van der Waals surface area (Å²) in [6, 6.07) is -0.471. The lowest BCUT2D eigenvalue weighted by Gasteiger charge is -2.40. The van der Waals surface area contributed by atoms with Gasteiger partial charge in [0.15, 0.2) is 18.9 Å². The fourth-order valence-electron chi connectivity index (χ4n) is 12.8. The van der Waals surface area contributed by atoms with Gasteiger partial charge in [0.25, 0.3) is 0 Å². The molecule has 0 bridgehead atoms. The number of Topliss-reactive ketones (excluding diaryl/α,β-unsaturated/α-hetero) is 5. The van der Waals surface area contributed by atoms with Gasteiger partial charge in [-0.15, -0.1) is 0 Å². The van der Waals surface area contributed by atoms with Crippen LogP contribution in [0.4, 0.5) is 0 Å². The van der Waals surface area contributed by atoms with E-state index < -0.39 is 147 Å². The topological polar surface area (TPSA) is 458 Å². The minimum absolute atomic E-state index is 0.00372. The molecule has 3 amide bonds. The molecule has 4 aliphatic heterocycles. The van der Waals surface area contributed by atoms with Gasteiger partial charge in [-0.3, -0.25) is 38.4 Å². The fourth-order valence-corrected chi connectivity index (χ4v) is 12.8. The molecule has 17 atom stereocenters. The van der Waals surface area contributed by atoms with E-state index in [-0.39, 0.29) is 153 Å². The average Bonchev–Trinajstić information content (AvgIpc) is 1.28. The van der Waals surface area contributed by atoms with E-state index in [0.29, 0.717) is 128 Å². The number of carbonyl (C=O) groups excluding carboxylic acids is 8. The summed E-state index contributed by atoms with van der Waals surface area (Å²) >= 11 is 0.